The lowest BCUT2D eigenvalue weighted by molar-refractivity contribution is 0.0690. The van der Waals surface area contributed by atoms with Gasteiger partial charge in [0.1, 0.15) is 29.5 Å². The van der Waals surface area contributed by atoms with Crippen LogP contribution in [0.5, 0.6) is 0 Å². The van der Waals surface area contributed by atoms with Crippen molar-refractivity contribution in [2.24, 2.45) is 0 Å². The number of halogens is 1. The summed E-state index contributed by atoms with van der Waals surface area (Å²) in [5.74, 6) is 0.172. The van der Waals surface area contributed by atoms with E-state index in [4.69, 9.17) is 9.26 Å². The van der Waals surface area contributed by atoms with Crippen LogP contribution >= 0.6 is 0 Å². The van der Waals surface area contributed by atoms with E-state index < -0.39 is 5.82 Å². The van der Waals surface area contributed by atoms with Crippen LogP contribution < -0.4 is 5.56 Å². The maximum absolute atomic E-state index is 14.2. The minimum Gasteiger partial charge on any atom is -0.392 e. The standard InChI is InChI=1S/C23H25FN6O4/c24-14-5-6-16-17(11-14)29(9-8-28-7-1-3-15(31)12-28)23(32)20-19(25-13-30(16)20)21-26-22(34-27-21)18-4-2-10-33-18/h5-6,11,13,15,18,31H,1-4,7-10,12H2. The van der Waals surface area contributed by atoms with E-state index in [9.17, 15) is 14.3 Å². The number of hydrogen-bond donors (Lipinski definition) is 1. The summed E-state index contributed by atoms with van der Waals surface area (Å²) >= 11 is 0. The van der Waals surface area contributed by atoms with Gasteiger partial charge < -0.3 is 18.9 Å². The number of aliphatic hydroxyl groups is 1. The zero-order valence-corrected chi connectivity index (χ0v) is 18.6. The van der Waals surface area contributed by atoms with Crippen LogP contribution in [-0.4, -0.2) is 66.4 Å². The van der Waals surface area contributed by atoms with Crippen LogP contribution in [0.4, 0.5) is 4.39 Å². The lowest BCUT2D eigenvalue weighted by atomic mass is 10.1. The summed E-state index contributed by atoms with van der Waals surface area (Å²) < 4.78 is 28.4. The molecule has 4 aromatic rings. The highest BCUT2D eigenvalue weighted by Gasteiger charge is 2.27. The molecule has 3 aromatic heterocycles. The van der Waals surface area contributed by atoms with Crippen molar-refractivity contribution < 1.29 is 18.8 Å². The highest BCUT2D eigenvalue weighted by atomic mass is 19.1. The second kappa shape index (κ2) is 8.57. The van der Waals surface area contributed by atoms with E-state index in [-0.39, 0.29) is 23.6 Å². The number of fused-ring (bicyclic) bond motifs is 3. The third kappa shape index (κ3) is 3.69. The van der Waals surface area contributed by atoms with Gasteiger partial charge in [-0.25, -0.2) is 9.37 Å². The summed E-state index contributed by atoms with van der Waals surface area (Å²) in [7, 11) is 0. The maximum Gasteiger partial charge on any atom is 0.277 e. The Labute approximate surface area is 193 Å². The van der Waals surface area contributed by atoms with Crippen LogP contribution in [-0.2, 0) is 11.3 Å². The third-order valence-electron chi connectivity index (χ3n) is 6.68. The molecular weight excluding hydrogens is 443 g/mol. The van der Waals surface area contributed by atoms with Gasteiger partial charge in [0, 0.05) is 26.2 Å². The second-order valence-corrected chi connectivity index (χ2v) is 8.96. The lowest BCUT2D eigenvalue weighted by Crippen LogP contribution is -2.40. The highest BCUT2D eigenvalue weighted by Crippen LogP contribution is 2.29. The first-order valence-corrected chi connectivity index (χ1v) is 11.6. The van der Waals surface area contributed by atoms with Gasteiger partial charge in [0.25, 0.3) is 11.4 Å². The van der Waals surface area contributed by atoms with E-state index in [1.54, 1.807) is 15.0 Å². The summed E-state index contributed by atoms with van der Waals surface area (Å²) in [6.45, 7) is 2.98. The lowest BCUT2D eigenvalue weighted by Gasteiger charge is -2.30. The smallest absolute Gasteiger partial charge is 0.277 e. The largest absolute Gasteiger partial charge is 0.392 e. The number of likely N-dealkylation sites (tertiary alicyclic amines) is 1. The molecule has 34 heavy (non-hydrogen) atoms. The molecule has 0 saturated carbocycles. The Morgan fingerprint density at radius 3 is 2.91 bits per heavy atom. The first kappa shape index (κ1) is 21.4. The molecule has 11 heteroatoms. The van der Waals surface area contributed by atoms with Crippen molar-refractivity contribution >= 4 is 16.6 Å². The molecule has 2 aliphatic heterocycles. The number of imidazole rings is 1. The number of hydrogen-bond acceptors (Lipinski definition) is 8. The number of aromatic nitrogens is 5. The van der Waals surface area contributed by atoms with Crippen molar-refractivity contribution in [1.29, 1.82) is 0 Å². The van der Waals surface area contributed by atoms with Crippen LogP contribution in [0.25, 0.3) is 28.1 Å². The van der Waals surface area contributed by atoms with Gasteiger partial charge in [-0.1, -0.05) is 5.16 Å². The molecule has 0 spiro atoms. The van der Waals surface area contributed by atoms with Gasteiger partial charge >= 0.3 is 0 Å². The predicted octanol–water partition coefficient (Wildman–Crippen LogP) is 2.15. The Morgan fingerprint density at radius 1 is 1.18 bits per heavy atom. The molecule has 6 rings (SSSR count). The first-order chi connectivity index (χ1) is 16.6. The summed E-state index contributed by atoms with van der Waals surface area (Å²) in [4.78, 5) is 24.7. The molecule has 1 N–H and O–H groups in total. The number of β-amino-alcohol motifs (C(OH)–C–C–N with tert-alkyl or cyclic N) is 1. The Hall–Kier alpha value is -3.15. The maximum atomic E-state index is 14.2. The van der Waals surface area contributed by atoms with Gasteiger partial charge in [0.2, 0.25) is 5.82 Å². The van der Waals surface area contributed by atoms with Crippen molar-refractivity contribution in [2.75, 3.05) is 26.2 Å². The van der Waals surface area contributed by atoms with Crippen LogP contribution in [0.15, 0.2) is 33.8 Å². The number of aliphatic hydroxyl groups excluding tert-OH is 1. The fraction of sp³-hybridized carbons (Fsp3) is 0.478. The van der Waals surface area contributed by atoms with Crippen molar-refractivity contribution in [3.8, 4) is 11.5 Å². The van der Waals surface area contributed by atoms with Gasteiger partial charge in [-0.3, -0.25) is 14.1 Å². The van der Waals surface area contributed by atoms with Gasteiger partial charge in [-0.15, -0.1) is 0 Å². The van der Waals surface area contributed by atoms with E-state index >= 15 is 0 Å². The summed E-state index contributed by atoms with van der Waals surface area (Å²) in [6, 6.07) is 4.36. The third-order valence-corrected chi connectivity index (χ3v) is 6.68. The summed E-state index contributed by atoms with van der Waals surface area (Å²) in [6.07, 6.45) is 4.35. The minimum atomic E-state index is -0.423. The van der Waals surface area contributed by atoms with Crippen molar-refractivity contribution in [1.82, 2.24) is 29.0 Å². The van der Waals surface area contributed by atoms with Gasteiger partial charge in [-0.05, 0) is 50.4 Å². The van der Waals surface area contributed by atoms with Crippen molar-refractivity contribution in [3.63, 3.8) is 0 Å². The molecule has 2 fully saturated rings. The summed E-state index contributed by atoms with van der Waals surface area (Å²) in [5, 5.41) is 14.1. The molecule has 0 amide bonds. The molecule has 0 radical (unpaired) electrons. The molecule has 2 unspecified atom stereocenters. The van der Waals surface area contributed by atoms with Crippen LogP contribution in [0.3, 0.4) is 0 Å². The number of piperidine rings is 1. The van der Waals surface area contributed by atoms with Crippen LogP contribution in [0, 0.1) is 5.82 Å². The predicted molar refractivity (Wildman–Crippen MR) is 120 cm³/mol. The van der Waals surface area contributed by atoms with Gasteiger partial charge in [-0.2, -0.15) is 4.98 Å². The molecule has 2 saturated heterocycles. The molecule has 0 aliphatic carbocycles. The average Bonchev–Trinajstić information content (AvgIpc) is 3.59. The normalized spacial score (nSPS) is 21.7. The number of benzene rings is 1. The Bertz CT molecular complexity index is 1410. The van der Waals surface area contributed by atoms with E-state index in [1.165, 1.54) is 18.5 Å². The van der Waals surface area contributed by atoms with Crippen molar-refractivity contribution in [2.45, 2.75) is 44.4 Å². The quantitative estimate of drug-likeness (QED) is 0.474. The van der Waals surface area contributed by atoms with Gasteiger partial charge in [0.15, 0.2) is 0 Å². The molecule has 5 heterocycles. The van der Waals surface area contributed by atoms with E-state index in [0.29, 0.717) is 54.4 Å². The van der Waals surface area contributed by atoms with E-state index in [1.807, 2.05) is 0 Å². The Balaban J connectivity index is 1.44. The van der Waals surface area contributed by atoms with Crippen molar-refractivity contribution in [3.05, 3.63) is 46.6 Å². The first-order valence-electron chi connectivity index (χ1n) is 11.6. The number of nitrogens with zero attached hydrogens (tertiary/aromatic N) is 6. The molecule has 2 aliphatic rings. The SMILES string of the molecule is O=c1c2c(-c3noc(C4CCCO4)n3)ncn2c2ccc(F)cc2n1CCN1CCCC(O)C1. The number of ether oxygens (including phenoxy) is 1. The fourth-order valence-corrected chi connectivity index (χ4v) is 4.99. The summed E-state index contributed by atoms with van der Waals surface area (Å²) in [5.41, 5.74) is 1.43. The van der Waals surface area contributed by atoms with Crippen LogP contribution in [0.2, 0.25) is 0 Å². The number of rotatable bonds is 5. The zero-order valence-electron chi connectivity index (χ0n) is 18.6. The molecule has 178 valence electrons. The fourth-order valence-electron chi connectivity index (χ4n) is 4.99. The average molecular weight is 468 g/mol. The van der Waals surface area contributed by atoms with Gasteiger partial charge in [0.05, 0.1) is 17.1 Å². The second-order valence-electron chi connectivity index (χ2n) is 8.96. The molecular formula is C23H25FN6O4. The monoisotopic (exact) mass is 468 g/mol. The van der Waals surface area contributed by atoms with Crippen LogP contribution in [0.1, 0.15) is 37.7 Å². The van der Waals surface area contributed by atoms with E-state index in [2.05, 4.69) is 20.0 Å². The molecule has 0 bridgehead atoms. The van der Waals surface area contributed by atoms with E-state index in [0.717, 1.165) is 32.2 Å². The Kier molecular flexibility index (Phi) is 5.39. The minimum absolute atomic E-state index is 0.220. The molecule has 2 atom stereocenters. The molecule has 10 nitrogen and oxygen atoms in total. The Morgan fingerprint density at radius 2 is 2.09 bits per heavy atom. The highest BCUT2D eigenvalue weighted by molar-refractivity contribution is 5.83. The molecule has 1 aromatic carbocycles. The zero-order chi connectivity index (χ0) is 23.2. The topological polar surface area (TPSA) is 111 Å².